The van der Waals surface area contributed by atoms with Crippen LogP contribution in [0.3, 0.4) is 0 Å². The summed E-state index contributed by atoms with van der Waals surface area (Å²) < 4.78 is 0. The second-order valence-corrected chi connectivity index (χ2v) is 5.24. The van der Waals surface area contributed by atoms with Gasteiger partial charge in [-0.05, 0) is 23.7 Å². The van der Waals surface area contributed by atoms with Crippen LogP contribution >= 0.6 is 0 Å². The molecule has 0 spiro atoms. The highest BCUT2D eigenvalue weighted by Gasteiger charge is 2.52. The average Bonchev–Trinajstić information content (AvgIpc) is 2.36. The minimum absolute atomic E-state index is 0.367. The zero-order valence-corrected chi connectivity index (χ0v) is 9.86. The van der Waals surface area contributed by atoms with Crippen LogP contribution < -0.4 is 0 Å². The summed E-state index contributed by atoms with van der Waals surface area (Å²) in [7, 11) is 0. The summed E-state index contributed by atoms with van der Waals surface area (Å²) in [5.41, 5.74) is -0.792. The molecular formula is C12H18O4. The van der Waals surface area contributed by atoms with Crippen LogP contribution in [0.2, 0.25) is 0 Å². The molecule has 2 N–H and O–H groups in total. The van der Waals surface area contributed by atoms with E-state index in [0.717, 1.165) is 6.08 Å². The van der Waals surface area contributed by atoms with Crippen LogP contribution in [-0.2, 0) is 9.59 Å². The van der Waals surface area contributed by atoms with Crippen molar-refractivity contribution in [2.24, 2.45) is 16.7 Å². The van der Waals surface area contributed by atoms with Crippen molar-refractivity contribution in [3.63, 3.8) is 0 Å². The molecule has 0 aromatic carbocycles. The Bertz CT molecular complexity index is 343. The van der Waals surface area contributed by atoms with Gasteiger partial charge < -0.3 is 10.2 Å². The number of hydrogen-bond acceptors (Lipinski definition) is 2. The topological polar surface area (TPSA) is 74.6 Å². The van der Waals surface area contributed by atoms with Crippen LogP contribution in [0.25, 0.3) is 0 Å². The Hall–Kier alpha value is -1.32. The van der Waals surface area contributed by atoms with Gasteiger partial charge in [0.25, 0.3) is 0 Å². The third-order valence-electron chi connectivity index (χ3n) is 4.19. The van der Waals surface area contributed by atoms with Crippen molar-refractivity contribution < 1.29 is 19.8 Å². The zero-order chi connectivity index (χ0) is 12.6. The van der Waals surface area contributed by atoms with E-state index in [1.54, 1.807) is 6.08 Å². The van der Waals surface area contributed by atoms with E-state index in [1.165, 1.54) is 0 Å². The fraction of sp³-hybridized carbons (Fsp3) is 0.667. The third kappa shape index (κ3) is 1.96. The normalized spacial score (nSPS) is 33.1. The first-order valence-electron chi connectivity index (χ1n) is 5.36. The lowest BCUT2D eigenvalue weighted by Crippen LogP contribution is -2.36. The Morgan fingerprint density at radius 3 is 2.19 bits per heavy atom. The Morgan fingerprint density at radius 2 is 1.81 bits per heavy atom. The van der Waals surface area contributed by atoms with Crippen LogP contribution in [0, 0.1) is 16.7 Å². The monoisotopic (exact) mass is 226 g/mol. The van der Waals surface area contributed by atoms with Gasteiger partial charge in [0.1, 0.15) is 0 Å². The molecule has 0 aromatic heterocycles. The van der Waals surface area contributed by atoms with E-state index in [9.17, 15) is 9.59 Å². The van der Waals surface area contributed by atoms with Gasteiger partial charge in [0, 0.05) is 6.08 Å². The van der Waals surface area contributed by atoms with Crippen LogP contribution in [0.5, 0.6) is 0 Å². The van der Waals surface area contributed by atoms with Gasteiger partial charge in [0.2, 0.25) is 0 Å². The quantitative estimate of drug-likeness (QED) is 0.723. The van der Waals surface area contributed by atoms with Crippen LogP contribution in [0.15, 0.2) is 12.2 Å². The second kappa shape index (κ2) is 3.92. The summed E-state index contributed by atoms with van der Waals surface area (Å²) >= 11 is 0. The maximum atomic E-state index is 11.1. The number of carbonyl (C=O) groups is 2. The molecule has 1 rings (SSSR count). The Balaban J connectivity index is 3.00. The molecular weight excluding hydrogens is 208 g/mol. The molecule has 90 valence electrons. The van der Waals surface area contributed by atoms with Gasteiger partial charge in [-0.1, -0.05) is 26.8 Å². The van der Waals surface area contributed by atoms with Gasteiger partial charge in [-0.2, -0.15) is 0 Å². The van der Waals surface area contributed by atoms with Gasteiger partial charge >= 0.3 is 11.9 Å². The molecule has 0 saturated heterocycles. The smallest absolute Gasteiger partial charge is 0.327 e. The third-order valence-corrected chi connectivity index (χ3v) is 4.19. The van der Waals surface area contributed by atoms with E-state index in [2.05, 4.69) is 0 Å². The maximum Gasteiger partial charge on any atom is 0.327 e. The van der Waals surface area contributed by atoms with Crippen molar-refractivity contribution in [2.75, 3.05) is 0 Å². The molecule has 16 heavy (non-hydrogen) atoms. The lowest BCUT2D eigenvalue weighted by molar-refractivity contribution is -0.145. The van der Waals surface area contributed by atoms with Gasteiger partial charge in [0.05, 0.1) is 5.92 Å². The highest BCUT2D eigenvalue weighted by molar-refractivity contribution is 5.80. The van der Waals surface area contributed by atoms with Crippen molar-refractivity contribution in [3.8, 4) is 0 Å². The molecule has 0 heterocycles. The van der Waals surface area contributed by atoms with E-state index in [4.69, 9.17) is 10.2 Å². The molecule has 4 heteroatoms. The molecule has 0 amide bonds. The molecule has 1 aliphatic carbocycles. The Morgan fingerprint density at radius 1 is 1.25 bits per heavy atom. The number of rotatable bonds is 3. The van der Waals surface area contributed by atoms with E-state index in [-0.39, 0.29) is 5.41 Å². The molecule has 1 saturated carbocycles. The Labute approximate surface area is 95.0 Å². The minimum atomic E-state index is -0.990. The zero-order valence-electron chi connectivity index (χ0n) is 9.86. The first kappa shape index (κ1) is 12.7. The molecule has 1 fully saturated rings. The summed E-state index contributed by atoms with van der Waals surface area (Å²) in [6, 6.07) is 0. The molecule has 1 aliphatic rings. The maximum absolute atomic E-state index is 11.1. The summed E-state index contributed by atoms with van der Waals surface area (Å²) in [6.45, 7) is 5.71. The van der Waals surface area contributed by atoms with Crippen molar-refractivity contribution in [3.05, 3.63) is 12.2 Å². The van der Waals surface area contributed by atoms with Gasteiger partial charge in [-0.15, -0.1) is 0 Å². The van der Waals surface area contributed by atoms with E-state index < -0.39 is 23.3 Å². The number of aliphatic carboxylic acids is 2. The summed E-state index contributed by atoms with van der Waals surface area (Å²) in [6.07, 6.45) is 4.06. The minimum Gasteiger partial charge on any atom is -0.481 e. The second-order valence-electron chi connectivity index (χ2n) is 5.24. The molecule has 0 aliphatic heterocycles. The van der Waals surface area contributed by atoms with Crippen molar-refractivity contribution in [1.29, 1.82) is 0 Å². The Kier molecular flexibility index (Phi) is 3.13. The van der Waals surface area contributed by atoms with Crippen LogP contribution in [0.1, 0.15) is 33.6 Å². The predicted molar refractivity (Wildman–Crippen MR) is 59.0 cm³/mol. The fourth-order valence-corrected chi connectivity index (χ4v) is 2.51. The summed E-state index contributed by atoms with van der Waals surface area (Å²) in [4.78, 5) is 21.6. The molecule has 0 bridgehead atoms. The lowest BCUT2D eigenvalue weighted by atomic mass is 9.65. The van der Waals surface area contributed by atoms with E-state index in [1.807, 2.05) is 20.8 Å². The molecule has 0 unspecified atom stereocenters. The van der Waals surface area contributed by atoms with Crippen LogP contribution in [0.4, 0.5) is 0 Å². The van der Waals surface area contributed by atoms with Gasteiger partial charge in [-0.25, -0.2) is 4.79 Å². The average molecular weight is 226 g/mol. The first-order valence-corrected chi connectivity index (χ1v) is 5.36. The van der Waals surface area contributed by atoms with E-state index in [0.29, 0.717) is 12.8 Å². The lowest BCUT2D eigenvalue weighted by Gasteiger charge is -2.38. The predicted octanol–water partition coefficient (Wildman–Crippen LogP) is 2.15. The van der Waals surface area contributed by atoms with Crippen LogP contribution in [-0.4, -0.2) is 22.2 Å². The number of hydrogen-bond donors (Lipinski definition) is 2. The highest BCUT2D eigenvalue weighted by atomic mass is 16.4. The summed E-state index contributed by atoms with van der Waals surface area (Å²) in [5.74, 6) is -2.19. The van der Waals surface area contributed by atoms with Gasteiger partial charge in [-0.3, -0.25) is 4.79 Å². The van der Waals surface area contributed by atoms with Crippen molar-refractivity contribution >= 4 is 11.9 Å². The number of carboxylic acids is 2. The number of carboxylic acid groups (broad SMARTS) is 2. The standard InChI is InChI=1S/C12H18O4/c1-11(2)8(10(15)16)4-6-12(11,3)7-5-9(13)14/h5,7-8H,4,6H2,1-3H3,(H,13,14)(H,15,16)/b7-5+/t8-,12+/m1/s1. The number of allylic oxidation sites excluding steroid dienone is 1. The molecule has 4 nitrogen and oxygen atoms in total. The largest absolute Gasteiger partial charge is 0.481 e. The SMILES string of the molecule is CC1(C)[C@@H](C(=O)O)CC[C@@]1(C)/C=C/C(=O)O. The van der Waals surface area contributed by atoms with Crippen molar-refractivity contribution in [1.82, 2.24) is 0 Å². The van der Waals surface area contributed by atoms with Gasteiger partial charge in [0.15, 0.2) is 0 Å². The molecule has 0 aromatic rings. The molecule has 0 radical (unpaired) electrons. The fourth-order valence-electron chi connectivity index (χ4n) is 2.51. The highest BCUT2D eigenvalue weighted by Crippen LogP contribution is 2.56. The first-order chi connectivity index (χ1) is 7.21. The van der Waals surface area contributed by atoms with Crippen molar-refractivity contribution in [2.45, 2.75) is 33.6 Å². The summed E-state index contributed by atoms with van der Waals surface area (Å²) in [5, 5.41) is 17.7. The molecule has 2 atom stereocenters. The van der Waals surface area contributed by atoms with E-state index >= 15 is 0 Å².